The Labute approximate surface area is 124 Å². The lowest BCUT2D eigenvalue weighted by molar-refractivity contribution is -0.384. The molecule has 1 heterocycles. The van der Waals surface area contributed by atoms with Gasteiger partial charge in [0.05, 0.1) is 28.0 Å². The second-order valence-electron chi connectivity index (χ2n) is 3.91. The maximum absolute atomic E-state index is 12.0. The second-order valence-corrected chi connectivity index (χ2v) is 4.32. The summed E-state index contributed by atoms with van der Waals surface area (Å²) >= 11 is 5.90. The fourth-order valence-electron chi connectivity index (χ4n) is 1.48. The van der Waals surface area contributed by atoms with Crippen molar-refractivity contribution in [3.8, 4) is 0 Å². The predicted molar refractivity (Wildman–Crippen MR) is 77.6 cm³/mol. The summed E-state index contributed by atoms with van der Waals surface area (Å²) in [6, 6.07) is 3.76. The highest BCUT2D eigenvalue weighted by atomic mass is 35.5. The van der Waals surface area contributed by atoms with Crippen LogP contribution in [-0.2, 0) is 0 Å². The molecule has 0 aliphatic heterocycles. The van der Waals surface area contributed by atoms with Gasteiger partial charge in [-0.15, -0.1) is 0 Å². The minimum absolute atomic E-state index is 0.0663. The molecule has 1 aromatic heterocycles. The lowest BCUT2D eigenvalue weighted by Crippen LogP contribution is -2.14. The fourth-order valence-corrected chi connectivity index (χ4v) is 1.65. The van der Waals surface area contributed by atoms with Gasteiger partial charge in [-0.05, 0) is 6.07 Å². The van der Waals surface area contributed by atoms with Crippen LogP contribution in [0.2, 0.25) is 5.02 Å². The topological polar surface area (TPSA) is 110 Å². The molecule has 2 N–H and O–H groups in total. The molecule has 8 nitrogen and oxygen atoms in total. The van der Waals surface area contributed by atoms with Crippen molar-refractivity contribution >= 4 is 34.7 Å². The molecule has 0 aliphatic rings. The van der Waals surface area contributed by atoms with Gasteiger partial charge in [-0.25, -0.2) is 9.97 Å². The van der Waals surface area contributed by atoms with E-state index in [2.05, 4.69) is 20.6 Å². The predicted octanol–water partition coefficient (Wildman–Crippen LogP) is 2.33. The van der Waals surface area contributed by atoms with Crippen molar-refractivity contribution in [3.05, 3.63) is 51.4 Å². The van der Waals surface area contributed by atoms with Gasteiger partial charge in [-0.1, -0.05) is 11.6 Å². The van der Waals surface area contributed by atoms with Crippen LogP contribution in [0.5, 0.6) is 0 Å². The number of rotatable bonds is 4. The van der Waals surface area contributed by atoms with Gasteiger partial charge in [0.25, 0.3) is 11.6 Å². The third-order valence-electron chi connectivity index (χ3n) is 2.55. The second kappa shape index (κ2) is 6.14. The molecule has 21 heavy (non-hydrogen) atoms. The number of aromatic nitrogens is 2. The van der Waals surface area contributed by atoms with Gasteiger partial charge in [-0.3, -0.25) is 14.9 Å². The zero-order valence-electron chi connectivity index (χ0n) is 10.8. The highest BCUT2D eigenvalue weighted by molar-refractivity contribution is 6.34. The van der Waals surface area contributed by atoms with Crippen LogP contribution in [0, 0.1) is 10.1 Å². The van der Waals surface area contributed by atoms with Crippen LogP contribution < -0.4 is 10.6 Å². The SMILES string of the molecule is CNc1cnc(C(=O)Nc2cc([N+](=O)[O-])ccc2Cl)cn1. The lowest BCUT2D eigenvalue weighted by atomic mass is 10.2. The van der Waals surface area contributed by atoms with Gasteiger partial charge in [0.2, 0.25) is 0 Å². The average Bonchev–Trinajstić information content (AvgIpc) is 2.49. The van der Waals surface area contributed by atoms with Gasteiger partial charge in [-0.2, -0.15) is 0 Å². The van der Waals surface area contributed by atoms with E-state index in [4.69, 9.17) is 11.6 Å². The van der Waals surface area contributed by atoms with Crippen molar-refractivity contribution < 1.29 is 9.72 Å². The van der Waals surface area contributed by atoms with E-state index in [1.807, 2.05) is 0 Å². The average molecular weight is 308 g/mol. The first-order valence-electron chi connectivity index (χ1n) is 5.76. The molecule has 9 heteroatoms. The summed E-state index contributed by atoms with van der Waals surface area (Å²) in [5, 5.41) is 16.1. The quantitative estimate of drug-likeness (QED) is 0.662. The van der Waals surface area contributed by atoms with Crippen molar-refractivity contribution in [2.45, 2.75) is 0 Å². The van der Waals surface area contributed by atoms with Gasteiger partial charge >= 0.3 is 0 Å². The Morgan fingerprint density at radius 3 is 2.67 bits per heavy atom. The van der Waals surface area contributed by atoms with Gasteiger partial charge in [0, 0.05) is 19.2 Å². The van der Waals surface area contributed by atoms with Crippen LogP contribution in [0.15, 0.2) is 30.6 Å². The van der Waals surface area contributed by atoms with E-state index in [1.54, 1.807) is 7.05 Å². The lowest BCUT2D eigenvalue weighted by Gasteiger charge is -2.07. The summed E-state index contributed by atoms with van der Waals surface area (Å²) in [7, 11) is 1.67. The summed E-state index contributed by atoms with van der Waals surface area (Å²) in [6.45, 7) is 0. The van der Waals surface area contributed by atoms with Crippen LogP contribution in [0.25, 0.3) is 0 Å². The molecule has 0 radical (unpaired) electrons. The van der Waals surface area contributed by atoms with Crippen LogP contribution in [-0.4, -0.2) is 27.8 Å². The monoisotopic (exact) mass is 307 g/mol. The molecule has 0 atom stereocenters. The number of carbonyl (C=O) groups excluding carboxylic acids is 1. The van der Waals surface area contributed by atoms with E-state index in [0.717, 1.165) is 0 Å². The van der Waals surface area contributed by atoms with Gasteiger partial charge < -0.3 is 10.6 Å². The molecule has 1 aromatic carbocycles. The molecule has 0 saturated carbocycles. The molecule has 0 unspecified atom stereocenters. The number of non-ortho nitro benzene ring substituents is 1. The number of anilines is 2. The minimum Gasteiger partial charge on any atom is -0.372 e. The highest BCUT2D eigenvalue weighted by Crippen LogP contribution is 2.26. The summed E-state index contributed by atoms with van der Waals surface area (Å²) in [5.41, 5.74) is 0.0262. The molecule has 0 fully saturated rings. The Kier molecular flexibility index (Phi) is 4.29. The summed E-state index contributed by atoms with van der Waals surface area (Å²) < 4.78 is 0. The molecule has 2 aromatic rings. The Morgan fingerprint density at radius 2 is 2.10 bits per heavy atom. The van der Waals surface area contributed by atoms with E-state index in [0.29, 0.717) is 5.82 Å². The van der Waals surface area contributed by atoms with E-state index in [1.165, 1.54) is 30.6 Å². The smallest absolute Gasteiger partial charge is 0.275 e. The molecule has 1 amide bonds. The van der Waals surface area contributed by atoms with E-state index in [9.17, 15) is 14.9 Å². The first kappa shape index (κ1) is 14.7. The minimum atomic E-state index is -0.576. The molecule has 2 rings (SSSR count). The maximum Gasteiger partial charge on any atom is 0.275 e. The molecular weight excluding hydrogens is 298 g/mol. The number of nitrogens with zero attached hydrogens (tertiary/aromatic N) is 3. The summed E-state index contributed by atoms with van der Waals surface area (Å²) in [4.78, 5) is 30.0. The number of hydrogen-bond donors (Lipinski definition) is 2. The Balaban J connectivity index is 2.22. The molecule has 0 saturated heterocycles. The number of halogens is 1. The summed E-state index contributed by atoms with van der Waals surface area (Å²) in [5.74, 6) is -0.0486. The Bertz CT molecular complexity index is 690. The third-order valence-corrected chi connectivity index (χ3v) is 2.88. The largest absolute Gasteiger partial charge is 0.372 e. The normalized spacial score (nSPS) is 10.0. The molecule has 0 bridgehead atoms. The van der Waals surface area contributed by atoms with Crippen molar-refractivity contribution in [1.29, 1.82) is 0 Å². The van der Waals surface area contributed by atoms with Gasteiger partial charge in [0.1, 0.15) is 11.5 Å². The highest BCUT2D eigenvalue weighted by Gasteiger charge is 2.14. The number of nitrogens with one attached hydrogen (secondary N) is 2. The standard InChI is InChI=1S/C12H10ClN5O3/c1-14-11-6-15-10(5-16-11)12(19)17-9-4-7(18(20)21)2-3-8(9)13/h2-6H,1H3,(H,14,16)(H,17,19). The molecule has 0 spiro atoms. The Morgan fingerprint density at radius 1 is 1.33 bits per heavy atom. The van der Waals surface area contributed by atoms with Crippen molar-refractivity contribution in [2.24, 2.45) is 0 Å². The summed E-state index contributed by atoms with van der Waals surface area (Å²) in [6.07, 6.45) is 2.68. The first-order valence-corrected chi connectivity index (χ1v) is 6.14. The Hall–Kier alpha value is -2.74. The number of carbonyl (C=O) groups is 1. The number of benzene rings is 1. The van der Waals surface area contributed by atoms with Crippen LogP contribution in [0.3, 0.4) is 0 Å². The first-order chi connectivity index (χ1) is 10.0. The zero-order chi connectivity index (χ0) is 15.4. The van der Waals surface area contributed by atoms with E-state index in [-0.39, 0.29) is 22.1 Å². The number of nitro groups is 1. The van der Waals surface area contributed by atoms with E-state index < -0.39 is 10.8 Å². The zero-order valence-corrected chi connectivity index (χ0v) is 11.6. The molecule has 108 valence electrons. The number of hydrogen-bond acceptors (Lipinski definition) is 6. The van der Waals surface area contributed by atoms with Crippen molar-refractivity contribution in [1.82, 2.24) is 9.97 Å². The van der Waals surface area contributed by atoms with Crippen molar-refractivity contribution in [3.63, 3.8) is 0 Å². The molecular formula is C12H10ClN5O3. The number of amides is 1. The van der Waals surface area contributed by atoms with Gasteiger partial charge in [0.15, 0.2) is 0 Å². The fraction of sp³-hybridized carbons (Fsp3) is 0.0833. The van der Waals surface area contributed by atoms with Crippen LogP contribution in [0.4, 0.5) is 17.2 Å². The third kappa shape index (κ3) is 3.42. The van der Waals surface area contributed by atoms with Crippen molar-refractivity contribution in [2.75, 3.05) is 17.7 Å². The van der Waals surface area contributed by atoms with Crippen LogP contribution >= 0.6 is 11.6 Å². The van der Waals surface area contributed by atoms with Crippen LogP contribution in [0.1, 0.15) is 10.5 Å². The molecule has 0 aliphatic carbocycles. The van der Waals surface area contributed by atoms with E-state index >= 15 is 0 Å². The number of nitro benzene ring substituents is 1. The maximum atomic E-state index is 12.0.